The van der Waals surface area contributed by atoms with Gasteiger partial charge in [-0.1, -0.05) is 0 Å². The minimum atomic E-state index is -0.249. The predicted molar refractivity (Wildman–Crippen MR) is 65.6 cm³/mol. The maximum absolute atomic E-state index is 9.53. The average molecular weight is 298 g/mol. The molecule has 0 aliphatic rings. The molecule has 1 aromatic rings. The molecule has 0 saturated heterocycles. The summed E-state index contributed by atoms with van der Waals surface area (Å²) in [7, 11) is 1.49. The first-order valence-electron chi connectivity index (χ1n) is 4.12. The molecule has 0 saturated carbocycles. The zero-order valence-corrected chi connectivity index (χ0v) is 10.6. The molecular formula is C9H14BrClN2O2. The van der Waals surface area contributed by atoms with E-state index >= 15 is 0 Å². The summed E-state index contributed by atoms with van der Waals surface area (Å²) in [4.78, 5) is 0. The maximum Gasteiger partial charge on any atom is 0.172 e. The number of rotatable bonds is 3. The summed E-state index contributed by atoms with van der Waals surface area (Å²) < 4.78 is 5.54. The molecule has 0 unspecified atom stereocenters. The Balaban J connectivity index is 0.00000196. The second-order valence-corrected chi connectivity index (χ2v) is 3.75. The molecule has 4 nitrogen and oxygen atoms in total. The van der Waals surface area contributed by atoms with Crippen molar-refractivity contribution in [3.05, 3.63) is 22.2 Å². The molecule has 0 spiro atoms. The summed E-state index contributed by atoms with van der Waals surface area (Å²) in [5.74, 6) is 0.457. The van der Waals surface area contributed by atoms with Crippen molar-refractivity contribution in [1.29, 1.82) is 0 Å². The zero-order valence-electron chi connectivity index (χ0n) is 8.24. The number of nitrogens with two attached hydrogens (primary N) is 2. The normalized spacial score (nSPS) is 11.7. The Morgan fingerprint density at radius 1 is 1.53 bits per heavy atom. The van der Waals surface area contributed by atoms with Crippen molar-refractivity contribution in [1.82, 2.24) is 0 Å². The fourth-order valence-corrected chi connectivity index (χ4v) is 1.56. The summed E-state index contributed by atoms with van der Waals surface area (Å²) in [5, 5.41) is 9.53. The van der Waals surface area contributed by atoms with E-state index < -0.39 is 0 Å². The molecule has 86 valence electrons. The number of benzene rings is 1. The van der Waals surface area contributed by atoms with Crippen molar-refractivity contribution in [3.8, 4) is 11.5 Å². The predicted octanol–water partition coefficient (Wildman–Crippen LogP) is 1.54. The van der Waals surface area contributed by atoms with Crippen LogP contribution in [0.1, 0.15) is 11.6 Å². The second-order valence-electron chi connectivity index (χ2n) is 2.90. The Hall–Kier alpha value is -0.490. The van der Waals surface area contributed by atoms with Gasteiger partial charge in [-0.3, -0.25) is 0 Å². The smallest absolute Gasteiger partial charge is 0.172 e. The van der Waals surface area contributed by atoms with Crippen molar-refractivity contribution in [3.63, 3.8) is 0 Å². The van der Waals surface area contributed by atoms with Crippen LogP contribution in [0.4, 0.5) is 0 Å². The molecule has 1 aromatic carbocycles. The van der Waals surface area contributed by atoms with Crippen LogP contribution in [0.5, 0.6) is 11.5 Å². The lowest BCUT2D eigenvalue weighted by molar-refractivity contribution is 0.371. The Kier molecular flexibility index (Phi) is 5.97. The van der Waals surface area contributed by atoms with E-state index in [1.165, 1.54) is 7.11 Å². The quantitative estimate of drug-likeness (QED) is 0.790. The van der Waals surface area contributed by atoms with Crippen LogP contribution in [0.25, 0.3) is 0 Å². The molecule has 1 atom stereocenters. The monoisotopic (exact) mass is 296 g/mol. The molecule has 0 fully saturated rings. The van der Waals surface area contributed by atoms with E-state index in [-0.39, 0.29) is 24.2 Å². The molecule has 5 N–H and O–H groups in total. The van der Waals surface area contributed by atoms with Crippen molar-refractivity contribution in [2.75, 3.05) is 13.7 Å². The average Bonchev–Trinajstić information content (AvgIpc) is 2.20. The molecule has 0 heterocycles. The first-order valence-corrected chi connectivity index (χ1v) is 4.91. The first kappa shape index (κ1) is 14.5. The first-order chi connectivity index (χ1) is 6.60. The van der Waals surface area contributed by atoms with E-state index in [0.29, 0.717) is 16.8 Å². The Morgan fingerprint density at radius 2 is 2.13 bits per heavy atom. The van der Waals surface area contributed by atoms with Gasteiger partial charge in [-0.05, 0) is 33.6 Å². The number of ether oxygens (including phenoxy) is 1. The Labute approximate surface area is 103 Å². The van der Waals surface area contributed by atoms with Crippen LogP contribution in [0, 0.1) is 0 Å². The molecule has 1 rings (SSSR count). The van der Waals surface area contributed by atoms with Crippen LogP contribution in [0.15, 0.2) is 16.6 Å². The molecule has 0 aliphatic carbocycles. The molecule has 0 amide bonds. The van der Waals surface area contributed by atoms with Crippen molar-refractivity contribution in [2.24, 2.45) is 11.5 Å². The third kappa shape index (κ3) is 3.24. The third-order valence-electron chi connectivity index (χ3n) is 1.95. The lowest BCUT2D eigenvalue weighted by atomic mass is 10.1. The van der Waals surface area contributed by atoms with Gasteiger partial charge in [0.05, 0.1) is 11.6 Å². The largest absolute Gasteiger partial charge is 0.503 e. The summed E-state index contributed by atoms with van der Waals surface area (Å²) in [6.45, 7) is 0.348. The van der Waals surface area contributed by atoms with E-state index in [1.54, 1.807) is 12.1 Å². The van der Waals surface area contributed by atoms with Gasteiger partial charge < -0.3 is 21.3 Å². The standard InChI is InChI=1S/C9H13BrN2O2.ClH/c1-14-8-3-5(7(12)4-11)2-6(10)9(8)13;/h2-3,7,13H,4,11-12H2,1H3;1H/t7-;/m0./s1. The molecule has 15 heavy (non-hydrogen) atoms. The lowest BCUT2D eigenvalue weighted by Crippen LogP contribution is -2.20. The fraction of sp³-hybridized carbons (Fsp3) is 0.333. The van der Waals surface area contributed by atoms with E-state index in [9.17, 15) is 5.11 Å². The highest BCUT2D eigenvalue weighted by Gasteiger charge is 2.11. The molecule has 0 aliphatic heterocycles. The summed E-state index contributed by atoms with van der Waals surface area (Å²) in [6.07, 6.45) is 0. The van der Waals surface area contributed by atoms with Crippen LogP contribution in [-0.2, 0) is 0 Å². The Morgan fingerprint density at radius 3 is 2.60 bits per heavy atom. The number of aromatic hydroxyl groups is 1. The van der Waals surface area contributed by atoms with Crippen molar-refractivity contribution >= 4 is 28.3 Å². The van der Waals surface area contributed by atoms with E-state index in [0.717, 1.165) is 5.56 Å². The van der Waals surface area contributed by atoms with Crippen molar-refractivity contribution in [2.45, 2.75) is 6.04 Å². The zero-order chi connectivity index (χ0) is 10.7. The van der Waals surface area contributed by atoms with Crippen LogP contribution < -0.4 is 16.2 Å². The van der Waals surface area contributed by atoms with Crippen LogP contribution in [-0.4, -0.2) is 18.8 Å². The van der Waals surface area contributed by atoms with Gasteiger partial charge in [-0.2, -0.15) is 0 Å². The highest BCUT2D eigenvalue weighted by atomic mass is 79.9. The van der Waals surface area contributed by atoms with E-state index in [2.05, 4.69) is 15.9 Å². The lowest BCUT2D eigenvalue weighted by Gasteiger charge is -2.12. The number of hydrogen-bond acceptors (Lipinski definition) is 4. The molecular weight excluding hydrogens is 283 g/mol. The summed E-state index contributed by atoms with van der Waals surface area (Å²) in [6, 6.07) is 3.16. The van der Waals surface area contributed by atoms with Gasteiger partial charge in [0.1, 0.15) is 0 Å². The molecule has 0 bridgehead atoms. The van der Waals surface area contributed by atoms with Gasteiger partial charge in [0, 0.05) is 12.6 Å². The summed E-state index contributed by atoms with van der Waals surface area (Å²) in [5.41, 5.74) is 12.0. The number of phenols is 1. The molecule has 0 aromatic heterocycles. The topological polar surface area (TPSA) is 81.5 Å². The van der Waals surface area contributed by atoms with Crippen LogP contribution >= 0.6 is 28.3 Å². The number of hydrogen-bond donors (Lipinski definition) is 3. The fourth-order valence-electron chi connectivity index (χ4n) is 1.10. The van der Waals surface area contributed by atoms with Gasteiger partial charge in [0.2, 0.25) is 0 Å². The van der Waals surface area contributed by atoms with Crippen LogP contribution in [0.2, 0.25) is 0 Å². The van der Waals surface area contributed by atoms with Gasteiger partial charge in [0.15, 0.2) is 11.5 Å². The summed E-state index contributed by atoms with van der Waals surface area (Å²) >= 11 is 3.21. The van der Waals surface area contributed by atoms with Gasteiger partial charge >= 0.3 is 0 Å². The molecule has 0 radical (unpaired) electrons. The maximum atomic E-state index is 9.53. The SMILES string of the molecule is COc1cc([C@@H](N)CN)cc(Br)c1O.Cl. The van der Waals surface area contributed by atoms with Gasteiger partial charge in [-0.25, -0.2) is 0 Å². The molecule has 6 heteroatoms. The Bertz CT molecular complexity index is 336. The highest BCUT2D eigenvalue weighted by Crippen LogP contribution is 2.36. The van der Waals surface area contributed by atoms with Crippen molar-refractivity contribution < 1.29 is 9.84 Å². The number of methoxy groups -OCH3 is 1. The number of phenolic OH excluding ortho intramolecular Hbond substituents is 1. The second kappa shape index (κ2) is 6.17. The van der Waals surface area contributed by atoms with E-state index in [1.807, 2.05) is 0 Å². The van der Waals surface area contributed by atoms with Gasteiger partial charge in [0.25, 0.3) is 0 Å². The van der Waals surface area contributed by atoms with Crippen LogP contribution in [0.3, 0.4) is 0 Å². The van der Waals surface area contributed by atoms with E-state index in [4.69, 9.17) is 16.2 Å². The minimum absolute atomic E-state index is 0. The van der Waals surface area contributed by atoms with Gasteiger partial charge in [-0.15, -0.1) is 12.4 Å². The third-order valence-corrected chi connectivity index (χ3v) is 2.56. The highest BCUT2D eigenvalue weighted by molar-refractivity contribution is 9.10. The number of halogens is 2. The minimum Gasteiger partial charge on any atom is -0.503 e.